The van der Waals surface area contributed by atoms with Gasteiger partial charge in [0.25, 0.3) is 6.47 Å². The monoisotopic (exact) mass is 1520 g/mol. The smallest absolute Gasteiger partial charge is 1.00 e. The summed E-state index contributed by atoms with van der Waals surface area (Å²) in [5.41, 5.74) is 9.44. The van der Waals surface area contributed by atoms with Crippen molar-refractivity contribution in [2.45, 2.75) is 155 Å². The third-order valence-corrected chi connectivity index (χ3v) is 18.7. The average molecular weight is 1520 g/mol. The third-order valence-electron chi connectivity index (χ3n) is 18.5. The quantitative estimate of drug-likeness (QED) is 0.0235. The second-order valence-corrected chi connectivity index (χ2v) is 25.4. The number of fused-ring (bicyclic) bond motifs is 3. The molecule has 550 valence electrons. The van der Waals surface area contributed by atoms with Gasteiger partial charge in [-0.15, -0.1) is 21.8 Å². The van der Waals surface area contributed by atoms with Crippen LogP contribution in [0.15, 0.2) is 140 Å². The summed E-state index contributed by atoms with van der Waals surface area (Å²) in [4.78, 5) is 65.5. The number of alkyl halides is 1. The summed E-state index contributed by atoms with van der Waals surface area (Å²) in [6.07, 6.45) is 11.9. The van der Waals surface area contributed by atoms with Crippen LogP contribution in [0.1, 0.15) is 146 Å². The molecule has 15 rings (SSSR count). The summed E-state index contributed by atoms with van der Waals surface area (Å²) >= 11 is 5.96. The molecule has 10 aromatic rings. The number of carboxylic acid groups (broad SMARTS) is 1. The van der Waals surface area contributed by atoms with E-state index in [0.29, 0.717) is 55.0 Å². The average Bonchev–Trinajstić information content (AvgIpc) is 1.65. The van der Waals surface area contributed by atoms with E-state index in [1.54, 1.807) is 38.1 Å². The number of ether oxygens (including phenoxy) is 5. The fourth-order valence-corrected chi connectivity index (χ4v) is 12.9. The minimum absolute atomic E-state index is 0. The fourth-order valence-electron chi connectivity index (χ4n) is 12.7. The Bertz CT molecular complexity index is 4210. The van der Waals surface area contributed by atoms with Crippen LogP contribution in [0.3, 0.4) is 0 Å². The second-order valence-electron chi connectivity index (χ2n) is 25.2. The maximum absolute atomic E-state index is 12.0. The summed E-state index contributed by atoms with van der Waals surface area (Å²) in [5, 5.41) is 34.6. The molecule has 0 spiro atoms. The van der Waals surface area contributed by atoms with E-state index >= 15 is 0 Å². The summed E-state index contributed by atoms with van der Waals surface area (Å²) in [7, 11) is 0. The molecule has 5 aromatic carbocycles. The molecule has 5 aromatic heterocycles. The number of ketones is 2. The molecule has 5 fully saturated rings. The van der Waals surface area contributed by atoms with Crippen LogP contribution < -0.4 is 136 Å². The number of rotatable bonds is 23. The van der Waals surface area contributed by atoms with Crippen molar-refractivity contribution in [1.82, 2.24) is 58.0 Å². The van der Waals surface area contributed by atoms with E-state index in [1.807, 2.05) is 114 Å². The van der Waals surface area contributed by atoms with Crippen molar-refractivity contribution in [1.29, 1.82) is 5.26 Å². The van der Waals surface area contributed by atoms with E-state index in [2.05, 4.69) is 60.4 Å². The molecule has 31 heteroatoms. The van der Waals surface area contributed by atoms with Gasteiger partial charge in [-0.3, -0.25) is 33.5 Å². The first-order valence-electron chi connectivity index (χ1n) is 33.8. The molecule has 5 aliphatic heterocycles. The molecule has 0 saturated carbocycles. The number of benzene rings is 5. The number of imidazole rings is 3. The van der Waals surface area contributed by atoms with Crippen molar-refractivity contribution < 1.29 is 192 Å². The Morgan fingerprint density at radius 3 is 1.24 bits per heavy atom. The van der Waals surface area contributed by atoms with Crippen molar-refractivity contribution in [3.05, 3.63) is 185 Å². The first kappa shape index (κ1) is 90.8. The van der Waals surface area contributed by atoms with Gasteiger partial charge in [0, 0.05) is 88.6 Å². The third kappa shape index (κ3) is 24.6. The SMILES string of the molecule is C.CC#N.CC(=O)c1ccc2nc(CCl)n(C[C@@H]3CCO3)c2c1.CC(=O)c1ccc2nc(CN3CCC(n4ccc(OCc5ccccc5)n4)CC3)n(C[C@@H]3CCO3)c2c1.O.O=C(O)c1ccc2nc(CN3CCC(n4ccc(OCc5ccccc5)n4)CC3)n(C[C@@H]3CCO3)c2c1.O=CO[O-].[H-].[K+].[K+].[Li+].[OH-]. The Hall–Kier alpha value is -5.86. The van der Waals surface area contributed by atoms with Crippen LogP contribution in [0.2, 0.25) is 0 Å². The van der Waals surface area contributed by atoms with Crippen LogP contribution in [-0.4, -0.2) is 162 Å². The van der Waals surface area contributed by atoms with Crippen LogP contribution >= 0.6 is 11.6 Å². The fraction of sp³-hybridized carbons (Fsp3) is 0.413. The molecular weight excluding hydrogens is 1430 g/mol. The Morgan fingerprint density at radius 2 is 0.925 bits per heavy atom. The zero-order valence-corrected chi connectivity index (χ0v) is 67.4. The van der Waals surface area contributed by atoms with Crippen molar-refractivity contribution in [2.75, 3.05) is 46.0 Å². The van der Waals surface area contributed by atoms with E-state index < -0.39 is 5.97 Å². The predicted octanol–water partition coefficient (Wildman–Crippen LogP) is 1.27. The number of carbonyl (C=O) groups is 4. The molecule has 4 N–H and O–H groups in total. The van der Waals surface area contributed by atoms with Crippen LogP contribution in [0.4, 0.5) is 0 Å². The number of halogens is 1. The number of hydrogen-bond acceptors (Lipinski definition) is 20. The van der Waals surface area contributed by atoms with Gasteiger partial charge in [0.15, 0.2) is 11.6 Å². The van der Waals surface area contributed by atoms with Crippen molar-refractivity contribution in [3.63, 3.8) is 0 Å². The number of Topliss-reactive ketones (excluding diaryl/α,β-unsaturated/α-hetero) is 2. The van der Waals surface area contributed by atoms with Gasteiger partial charge in [-0.05, 0) is 125 Å². The van der Waals surface area contributed by atoms with Gasteiger partial charge in [0.2, 0.25) is 11.8 Å². The molecule has 5 aliphatic rings. The van der Waals surface area contributed by atoms with E-state index in [4.69, 9.17) is 60.6 Å². The van der Waals surface area contributed by atoms with Crippen molar-refractivity contribution in [3.8, 4) is 17.8 Å². The van der Waals surface area contributed by atoms with Crippen LogP contribution in [-0.2, 0) is 75.7 Å². The zero-order chi connectivity index (χ0) is 69.9. The predicted molar refractivity (Wildman–Crippen MR) is 384 cm³/mol. The number of nitriles is 1. The maximum atomic E-state index is 12.0. The van der Waals surface area contributed by atoms with Crippen LogP contribution in [0.5, 0.6) is 11.8 Å². The van der Waals surface area contributed by atoms with E-state index in [9.17, 15) is 19.5 Å². The van der Waals surface area contributed by atoms with Gasteiger partial charge in [-0.1, -0.05) is 68.1 Å². The molecule has 0 unspecified atom stereocenters. The van der Waals surface area contributed by atoms with Gasteiger partial charge < -0.3 is 65.0 Å². The van der Waals surface area contributed by atoms with Gasteiger partial charge in [0.1, 0.15) is 30.7 Å². The summed E-state index contributed by atoms with van der Waals surface area (Å²) < 4.78 is 39.2. The molecule has 0 bridgehead atoms. The summed E-state index contributed by atoms with van der Waals surface area (Å²) in [6, 6.07) is 43.2. The summed E-state index contributed by atoms with van der Waals surface area (Å²) in [6.45, 7) is 15.5. The number of likely N-dealkylation sites (tertiary alicyclic amines) is 2. The molecular formula is C75H91ClK2LiN13O14. The van der Waals surface area contributed by atoms with Crippen LogP contribution in [0.25, 0.3) is 33.1 Å². The minimum Gasteiger partial charge on any atom is -1.00 e. The number of aromatic nitrogens is 10. The molecule has 10 heterocycles. The number of hydrogen-bond donors (Lipinski definition) is 1. The normalized spacial score (nSPS) is 16.6. The molecule has 5 saturated heterocycles. The van der Waals surface area contributed by atoms with E-state index in [1.165, 1.54) is 6.92 Å². The standard InChI is InChI=1S/C29H33N5O3.C28H31N5O4.C14H15ClN2O2.C2H3N.CH2O3.CH4.2K.Li.2H2O.H/c1-21(35)23-7-8-26-27(17-23)33(18-25-12-16-36-25)28(30-26)19-32-13-9-24(10-14-32)34-15-11-29(31-34)37-20-22-5-3-2-4-6-22;34-28(35)21-6-7-24-25(16-21)32(17-23-11-15-36-23)26(29-24)18-31-12-8-22(9-13-31)33-14-10-27(30-33)37-19-20-4-2-1-3-5-20;1-9(18)10-2-3-12-13(6-10)17(14(7-15)16-12)8-11-4-5-19-11;1-2-3;2-1-4-3;;;;;;;/h2-8,11,15,17,24-25H,9-10,12-14,16,18-20H2,1H3;1-7,10,14,16,22-23H,8-9,11-13,15,17-19H2,(H,34,35);2-3,6,11H,4-5,7-8H2,1H3;1H3;1,3H;1H4;;;;2*1H2;/q;;;;;;3*+1;;;-1/p-2/t25-;23-;11-;;;;;;;;;/m000........./s1. The first-order valence-corrected chi connectivity index (χ1v) is 34.3. The second kappa shape index (κ2) is 45.3. The van der Waals surface area contributed by atoms with Gasteiger partial charge in [0.05, 0.1) is 114 Å². The molecule has 3 atom stereocenters. The van der Waals surface area contributed by atoms with Crippen LogP contribution in [0, 0.1) is 11.3 Å². The molecule has 0 radical (unpaired) electrons. The Balaban J connectivity index is 0.000000327. The van der Waals surface area contributed by atoms with Gasteiger partial charge in [-0.25, -0.2) is 19.7 Å². The maximum Gasteiger partial charge on any atom is 1.00 e. The Labute approximate surface area is 720 Å². The number of nitrogens with zero attached hydrogens (tertiary/aromatic N) is 13. The number of piperidine rings is 2. The molecule has 0 aliphatic carbocycles. The molecule has 0 amide bonds. The Kier molecular flexibility index (Phi) is 38.8. The van der Waals surface area contributed by atoms with Gasteiger partial charge >= 0.3 is 128 Å². The topological polar surface area (TPSA) is 348 Å². The Morgan fingerprint density at radius 1 is 0.594 bits per heavy atom. The van der Waals surface area contributed by atoms with Crippen molar-refractivity contribution in [2.24, 2.45) is 0 Å². The largest absolute Gasteiger partial charge is 1.00 e. The van der Waals surface area contributed by atoms with E-state index in [-0.39, 0.29) is 183 Å². The van der Waals surface area contributed by atoms with E-state index in [0.717, 1.165) is 184 Å². The molecule has 106 heavy (non-hydrogen) atoms. The number of carboxylic acids is 1. The zero-order valence-electron chi connectivity index (χ0n) is 61.4. The molecule has 27 nitrogen and oxygen atoms in total. The number of carbonyl (C=O) groups excluding carboxylic acids is 3. The van der Waals surface area contributed by atoms with Gasteiger partial charge in [-0.2, -0.15) is 5.26 Å². The van der Waals surface area contributed by atoms with Crippen molar-refractivity contribution >= 4 is 68.7 Å². The minimum atomic E-state index is -0.926. The number of aromatic carboxylic acids is 1. The summed E-state index contributed by atoms with van der Waals surface area (Å²) in [5.74, 6) is 3.71. The first-order chi connectivity index (χ1) is 48.8.